The van der Waals surface area contributed by atoms with Crippen molar-refractivity contribution < 1.29 is 9.34 Å². The first kappa shape index (κ1) is 14.5. The first-order valence-electron chi connectivity index (χ1n) is 6.28. The van der Waals surface area contributed by atoms with Gasteiger partial charge in [-0.1, -0.05) is 6.08 Å². The van der Waals surface area contributed by atoms with Crippen molar-refractivity contribution in [1.82, 2.24) is 9.88 Å². The molecule has 0 atom stereocenters. The Hall–Kier alpha value is -2.89. The van der Waals surface area contributed by atoms with Gasteiger partial charge in [0.1, 0.15) is 0 Å². The lowest BCUT2D eigenvalue weighted by Crippen LogP contribution is -1.99. The summed E-state index contributed by atoms with van der Waals surface area (Å²) in [5.74, 6) is 1.05. The lowest BCUT2D eigenvalue weighted by molar-refractivity contribution is -0.384. The van der Waals surface area contributed by atoms with Crippen LogP contribution >= 0.6 is 0 Å². The van der Waals surface area contributed by atoms with E-state index in [2.05, 4.69) is 4.98 Å². The van der Waals surface area contributed by atoms with Gasteiger partial charge < -0.3 is 9.32 Å². The van der Waals surface area contributed by atoms with Crippen LogP contribution in [0.5, 0.6) is 0 Å². The van der Waals surface area contributed by atoms with E-state index in [-0.39, 0.29) is 5.69 Å². The molecule has 108 valence electrons. The molecule has 21 heavy (non-hydrogen) atoms. The fourth-order valence-corrected chi connectivity index (χ4v) is 1.61. The Kier molecular flexibility index (Phi) is 4.50. The number of nitro benzene ring substituents is 1. The minimum Gasteiger partial charge on any atom is -0.437 e. The lowest BCUT2D eigenvalue weighted by Gasteiger charge is -2.00. The number of hydrogen-bond donors (Lipinski definition) is 0. The number of aromatic nitrogens is 1. The zero-order valence-electron chi connectivity index (χ0n) is 11.8. The molecule has 6 heteroatoms. The molecular weight excluding hydrogens is 270 g/mol. The maximum Gasteiger partial charge on any atom is 0.269 e. The smallest absolute Gasteiger partial charge is 0.269 e. The van der Waals surface area contributed by atoms with Crippen molar-refractivity contribution in [3.63, 3.8) is 0 Å². The molecule has 2 aromatic rings. The number of benzene rings is 1. The summed E-state index contributed by atoms with van der Waals surface area (Å²) >= 11 is 0. The topological polar surface area (TPSA) is 72.4 Å². The summed E-state index contributed by atoms with van der Waals surface area (Å²) in [6, 6.07) is 6.15. The number of non-ortho nitro benzene ring substituents is 1. The predicted molar refractivity (Wildman–Crippen MR) is 80.5 cm³/mol. The van der Waals surface area contributed by atoms with E-state index < -0.39 is 4.92 Å². The molecule has 0 spiro atoms. The van der Waals surface area contributed by atoms with Crippen LogP contribution in [0.4, 0.5) is 5.69 Å². The molecule has 6 nitrogen and oxygen atoms in total. The van der Waals surface area contributed by atoms with Crippen LogP contribution < -0.4 is 0 Å². The molecule has 0 bridgehead atoms. The van der Waals surface area contributed by atoms with Crippen LogP contribution in [0.3, 0.4) is 0 Å². The number of nitro groups is 1. The molecule has 0 aliphatic carbocycles. The monoisotopic (exact) mass is 285 g/mol. The van der Waals surface area contributed by atoms with Crippen LogP contribution in [0.15, 0.2) is 53.2 Å². The van der Waals surface area contributed by atoms with Crippen molar-refractivity contribution in [3.8, 4) is 11.3 Å². The second-order valence-corrected chi connectivity index (χ2v) is 4.53. The molecule has 1 heterocycles. The third kappa shape index (κ3) is 4.04. The molecule has 0 saturated heterocycles. The zero-order chi connectivity index (χ0) is 15.2. The van der Waals surface area contributed by atoms with Gasteiger partial charge in [-0.15, -0.1) is 0 Å². The maximum atomic E-state index is 10.6. The summed E-state index contributed by atoms with van der Waals surface area (Å²) in [4.78, 5) is 16.2. The van der Waals surface area contributed by atoms with Crippen LogP contribution in [0.1, 0.15) is 5.89 Å². The van der Waals surface area contributed by atoms with Gasteiger partial charge in [0.2, 0.25) is 5.89 Å². The Bertz CT molecular complexity index is 670. The van der Waals surface area contributed by atoms with Crippen LogP contribution in [0.2, 0.25) is 0 Å². The lowest BCUT2D eigenvalue weighted by atomic mass is 10.2. The fourth-order valence-electron chi connectivity index (χ4n) is 1.61. The number of hydrogen-bond acceptors (Lipinski definition) is 5. The SMILES string of the molecule is CN(C)/C=C/C=C/c1ncc(-c2ccc([N+](=O)[O-])cc2)o1. The largest absolute Gasteiger partial charge is 0.437 e. The molecule has 0 amide bonds. The van der Waals surface area contributed by atoms with Gasteiger partial charge >= 0.3 is 0 Å². The Morgan fingerprint density at radius 3 is 2.57 bits per heavy atom. The summed E-state index contributed by atoms with van der Waals surface area (Å²) in [5.41, 5.74) is 0.795. The van der Waals surface area contributed by atoms with Gasteiger partial charge in [-0.05, 0) is 24.4 Å². The van der Waals surface area contributed by atoms with Gasteiger partial charge in [0, 0.05) is 37.9 Å². The van der Waals surface area contributed by atoms with Gasteiger partial charge in [0.25, 0.3) is 5.69 Å². The quantitative estimate of drug-likeness (QED) is 0.478. The van der Waals surface area contributed by atoms with Crippen molar-refractivity contribution in [2.24, 2.45) is 0 Å². The summed E-state index contributed by atoms with van der Waals surface area (Å²) in [6.07, 6.45) is 8.93. The van der Waals surface area contributed by atoms with Crippen molar-refractivity contribution >= 4 is 11.8 Å². The Morgan fingerprint density at radius 1 is 1.24 bits per heavy atom. The Labute approximate surface area is 122 Å². The second kappa shape index (κ2) is 6.51. The minimum atomic E-state index is -0.435. The number of rotatable bonds is 5. The first-order valence-corrected chi connectivity index (χ1v) is 6.28. The highest BCUT2D eigenvalue weighted by Gasteiger charge is 2.08. The molecule has 0 aliphatic rings. The van der Waals surface area contributed by atoms with Crippen LogP contribution in [0.25, 0.3) is 17.4 Å². The van der Waals surface area contributed by atoms with Crippen molar-refractivity contribution in [3.05, 3.63) is 64.8 Å². The molecule has 2 rings (SSSR count). The van der Waals surface area contributed by atoms with Gasteiger partial charge in [-0.25, -0.2) is 4.98 Å². The highest BCUT2D eigenvalue weighted by molar-refractivity contribution is 5.59. The van der Waals surface area contributed by atoms with E-state index in [0.29, 0.717) is 11.7 Å². The molecule has 0 fully saturated rings. The molecule has 0 radical (unpaired) electrons. The van der Waals surface area contributed by atoms with Crippen molar-refractivity contribution in [1.29, 1.82) is 0 Å². The molecule has 1 aromatic heterocycles. The zero-order valence-corrected chi connectivity index (χ0v) is 11.8. The van der Waals surface area contributed by atoms with Gasteiger partial charge in [0.05, 0.1) is 11.1 Å². The Morgan fingerprint density at radius 2 is 1.95 bits per heavy atom. The predicted octanol–water partition coefficient (Wildman–Crippen LogP) is 3.34. The van der Waals surface area contributed by atoms with E-state index in [0.717, 1.165) is 5.56 Å². The third-order valence-corrected chi connectivity index (χ3v) is 2.62. The molecule has 0 unspecified atom stereocenters. The van der Waals surface area contributed by atoms with E-state index in [1.807, 2.05) is 37.3 Å². The minimum absolute atomic E-state index is 0.0483. The Balaban J connectivity index is 2.10. The average molecular weight is 285 g/mol. The fraction of sp³-hybridized carbons (Fsp3) is 0.133. The van der Waals surface area contributed by atoms with Crippen molar-refractivity contribution in [2.75, 3.05) is 14.1 Å². The van der Waals surface area contributed by atoms with Gasteiger partial charge in [-0.3, -0.25) is 10.1 Å². The van der Waals surface area contributed by atoms with E-state index in [9.17, 15) is 10.1 Å². The molecule has 0 aliphatic heterocycles. The van der Waals surface area contributed by atoms with Crippen LogP contribution in [-0.2, 0) is 0 Å². The molecular formula is C15H15N3O3. The normalized spacial score (nSPS) is 11.3. The van der Waals surface area contributed by atoms with Crippen LogP contribution in [-0.4, -0.2) is 28.9 Å². The van der Waals surface area contributed by atoms with Crippen molar-refractivity contribution in [2.45, 2.75) is 0 Å². The second-order valence-electron chi connectivity index (χ2n) is 4.53. The number of oxazole rings is 1. The number of nitrogens with zero attached hydrogens (tertiary/aromatic N) is 3. The average Bonchev–Trinajstić information content (AvgIpc) is 2.92. The van der Waals surface area contributed by atoms with E-state index in [4.69, 9.17) is 4.42 Å². The number of allylic oxidation sites excluding steroid dienone is 2. The van der Waals surface area contributed by atoms with Crippen LogP contribution in [0, 0.1) is 10.1 Å². The third-order valence-electron chi connectivity index (χ3n) is 2.62. The molecule has 0 N–H and O–H groups in total. The highest BCUT2D eigenvalue weighted by atomic mass is 16.6. The summed E-state index contributed by atoms with van der Waals surface area (Å²) in [6.45, 7) is 0. The summed E-state index contributed by atoms with van der Waals surface area (Å²) in [7, 11) is 3.87. The summed E-state index contributed by atoms with van der Waals surface area (Å²) < 4.78 is 5.56. The highest BCUT2D eigenvalue weighted by Crippen LogP contribution is 2.23. The van der Waals surface area contributed by atoms with E-state index in [1.54, 1.807) is 24.4 Å². The molecule has 1 aromatic carbocycles. The maximum absolute atomic E-state index is 10.6. The van der Waals surface area contributed by atoms with E-state index in [1.165, 1.54) is 12.1 Å². The standard InChI is InChI=1S/C15H15N3O3/c1-17(2)10-4-3-5-15-16-11-14(21-15)12-6-8-13(9-7-12)18(19)20/h3-11H,1-2H3/b5-3+,10-4+. The summed E-state index contributed by atoms with van der Waals surface area (Å²) in [5, 5.41) is 10.6. The first-order chi connectivity index (χ1) is 10.1. The van der Waals surface area contributed by atoms with E-state index >= 15 is 0 Å². The van der Waals surface area contributed by atoms with Gasteiger partial charge in [0.15, 0.2) is 5.76 Å². The molecule has 0 saturated carbocycles. The van der Waals surface area contributed by atoms with Gasteiger partial charge in [-0.2, -0.15) is 0 Å².